The van der Waals surface area contributed by atoms with Crippen LogP contribution in [0.1, 0.15) is 19.8 Å². The van der Waals surface area contributed by atoms with Gasteiger partial charge in [-0.3, -0.25) is 10.1 Å². The van der Waals surface area contributed by atoms with Crippen molar-refractivity contribution in [2.45, 2.75) is 25.9 Å². The molecule has 8 nitrogen and oxygen atoms in total. The zero-order chi connectivity index (χ0) is 14.5. The van der Waals surface area contributed by atoms with Gasteiger partial charge in [0.25, 0.3) is 5.69 Å². The summed E-state index contributed by atoms with van der Waals surface area (Å²) in [6, 6.07) is 2.79. The standard InChI is InChI=1S/C12H19N5O3/c1-2-10-8-16(4-3-5-20-10)12-7-9(17(18)19)6-11(14-12)15-13/h6-7,10H,2-5,8,13H2,1H3,(H,14,15). The molecule has 1 aromatic heterocycles. The van der Waals surface area contributed by atoms with Gasteiger partial charge in [-0.05, 0) is 12.8 Å². The van der Waals surface area contributed by atoms with E-state index >= 15 is 0 Å². The Kier molecular flexibility index (Phi) is 4.70. The molecule has 8 heteroatoms. The molecule has 1 saturated heterocycles. The predicted octanol–water partition coefficient (Wildman–Crippen LogP) is 1.28. The van der Waals surface area contributed by atoms with E-state index in [1.807, 2.05) is 4.90 Å². The molecule has 0 radical (unpaired) electrons. The van der Waals surface area contributed by atoms with Gasteiger partial charge in [-0.1, -0.05) is 6.92 Å². The number of nitrogens with one attached hydrogen (secondary N) is 1. The lowest BCUT2D eigenvalue weighted by atomic mass is 10.2. The van der Waals surface area contributed by atoms with Gasteiger partial charge in [-0.15, -0.1) is 0 Å². The van der Waals surface area contributed by atoms with Crippen molar-refractivity contribution in [3.05, 3.63) is 22.2 Å². The second kappa shape index (κ2) is 6.49. The Balaban J connectivity index is 2.29. The zero-order valence-corrected chi connectivity index (χ0v) is 11.4. The number of anilines is 2. The number of rotatable bonds is 4. The molecule has 0 spiro atoms. The Bertz CT molecular complexity index is 482. The van der Waals surface area contributed by atoms with Gasteiger partial charge >= 0.3 is 0 Å². The van der Waals surface area contributed by atoms with Crippen LogP contribution in [-0.2, 0) is 4.74 Å². The largest absolute Gasteiger partial charge is 0.376 e. The summed E-state index contributed by atoms with van der Waals surface area (Å²) in [6.45, 7) is 4.19. The number of aromatic nitrogens is 1. The monoisotopic (exact) mass is 281 g/mol. The molecule has 0 bridgehead atoms. The molecule has 0 aliphatic carbocycles. The first-order valence-corrected chi connectivity index (χ1v) is 6.63. The Morgan fingerprint density at radius 3 is 3.10 bits per heavy atom. The van der Waals surface area contributed by atoms with Crippen LogP contribution in [0.5, 0.6) is 0 Å². The van der Waals surface area contributed by atoms with Crippen molar-refractivity contribution in [3.63, 3.8) is 0 Å². The molecule has 1 atom stereocenters. The van der Waals surface area contributed by atoms with Crippen LogP contribution in [0.3, 0.4) is 0 Å². The molecule has 0 saturated carbocycles. The fourth-order valence-corrected chi connectivity index (χ4v) is 2.19. The lowest BCUT2D eigenvalue weighted by Gasteiger charge is -2.24. The van der Waals surface area contributed by atoms with E-state index < -0.39 is 4.92 Å². The van der Waals surface area contributed by atoms with Crippen LogP contribution in [0.2, 0.25) is 0 Å². The summed E-state index contributed by atoms with van der Waals surface area (Å²) in [4.78, 5) is 16.8. The molecule has 2 heterocycles. The van der Waals surface area contributed by atoms with E-state index in [9.17, 15) is 10.1 Å². The van der Waals surface area contributed by atoms with E-state index in [4.69, 9.17) is 10.6 Å². The molecule has 110 valence electrons. The summed E-state index contributed by atoms with van der Waals surface area (Å²) in [5.41, 5.74) is 2.34. The third-order valence-corrected chi connectivity index (χ3v) is 3.28. The van der Waals surface area contributed by atoms with Crippen molar-refractivity contribution in [3.8, 4) is 0 Å². The average molecular weight is 281 g/mol. The van der Waals surface area contributed by atoms with Gasteiger partial charge in [-0.2, -0.15) is 0 Å². The number of ether oxygens (including phenoxy) is 1. The number of hydrogen-bond acceptors (Lipinski definition) is 7. The first-order valence-electron chi connectivity index (χ1n) is 6.63. The normalized spacial score (nSPS) is 19.5. The van der Waals surface area contributed by atoms with Gasteiger partial charge in [0.05, 0.1) is 23.2 Å². The van der Waals surface area contributed by atoms with Crippen molar-refractivity contribution >= 4 is 17.3 Å². The van der Waals surface area contributed by atoms with E-state index in [1.165, 1.54) is 12.1 Å². The third-order valence-electron chi connectivity index (χ3n) is 3.28. The summed E-state index contributed by atoms with van der Waals surface area (Å²) < 4.78 is 5.69. The molecular weight excluding hydrogens is 262 g/mol. The second-order valence-corrected chi connectivity index (χ2v) is 4.67. The van der Waals surface area contributed by atoms with Crippen molar-refractivity contribution < 1.29 is 9.66 Å². The number of nitrogen functional groups attached to an aromatic ring is 1. The molecule has 3 N–H and O–H groups in total. The fraction of sp³-hybridized carbons (Fsp3) is 0.583. The first-order chi connectivity index (χ1) is 9.63. The van der Waals surface area contributed by atoms with Crippen LogP contribution in [0.4, 0.5) is 17.3 Å². The molecule has 1 aliphatic rings. The highest BCUT2D eigenvalue weighted by Crippen LogP contribution is 2.24. The van der Waals surface area contributed by atoms with Crippen LogP contribution in [0.15, 0.2) is 12.1 Å². The van der Waals surface area contributed by atoms with Crippen molar-refractivity contribution in [1.82, 2.24) is 4.98 Å². The third kappa shape index (κ3) is 3.34. The lowest BCUT2D eigenvalue weighted by molar-refractivity contribution is -0.384. The van der Waals surface area contributed by atoms with E-state index in [0.29, 0.717) is 19.0 Å². The van der Waals surface area contributed by atoms with Crippen molar-refractivity contribution in [1.29, 1.82) is 0 Å². The summed E-state index contributed by atoms with van der Waals surface area (Å²) in [5.74, 6) is 6.16. The van der Waals surface area contributed by atoms with Crippen LogP contribution in [-0.4, -0.2) is 35.7 Å². The number of hydrazine groups is 1. The number of pyridine rings is 1. The summed E-state index contributed by atoms with van der Waals surface area (Å²) in [7, 11) is 0. The molecule has 20 heavy (non-hydrogen) atoms. The molecule has 1 aliphatic heterocycles. The highest BCUT2D eigenvalue weighted by atomic mass is 16.6. The first kappa shape index (κ1) is 14.5. The van der Waals surface area contributed by atoms with Gasteiger partial charge in [0.15, 0.2) is 0 Å². The van der Waals surface area contributed by atoms with Crippen LogP contribution in [0, 0.1) is 10.1 Å². The maximum atomic E-state index is 11.0. The Labute approximate surface area is 117 Å². The van der Waals surface area contributed by atoms with Crippen molar-refractivity contribution in [2.24, 2.45) is 5.84 Å². The Morgan fingerprint density at radius 1 is 1.65 bits per heavy atom. The smallest absolute Gasteiger partial charge is 0.276 e. The molecule has 0 amide bonds. The quantitative estimate of drug-likeness (QED) is 0.486. The van der Waals surface area contributed by atoms with Crippen LogP contribution < -0.4 is 16.2 Å². The Hall–Kier alpha value is -1.93. The predicted molar refractivity (Wildman–Crippen MR) is 75.6 cm³/mol. The summed E-state index contributed by atoms with van der Waals surface area (Å²) in [6.07, 6.45) is 1.88. The molecular formula is C12H19N5O3. The van der Waals surface area contributed by atoms with Gasteiger partial charge in [0.1, 0.15) is 11.6 Å². The minimum Gasteiger partial charge on any atom is -0.376 e. The highest BCUT2D eigenvalue weighted by Gasteiger charge is 2.21. The molecule has 1 fully saturated rings. The van der Waals surface area contributed by atoms with Crippen molar-refractivity contribution in [2.75, 3.05) is 30.0 Å². The maximum absolute atomic E-state index is 11.0. The molecule has 1 aromatic rings. The van der Waals surface area contributed by atoms with Crippen LogP contribution in [0.25, 0.3) is 0 Å². The number of nitro groups is 1. The zero-order valence-electron chi connectivity index (χ0n) is 11.4. The SMILES string of the molecule is CCC1CN(c2cc([N+](=O)[O-])cc(NN)n2)CCCO1. The van der Waals surface area contributed by atoms with Gasteiger partial charge in [0.2, 0.25) is 0 Å². The van der Waals surface area contributed by atoms with E-state index in [1.54, 1.807) is 0 Å². The van der Waals surface area contributed by atoms with Gasteiger partial charge in [0, 0.05) is 19.7 Å². The van der Waals surface area contributed by atoms with E-state index in [-0.39, 0.29) is 17.6 Å². The highest BCUT2D eigenvalue weighted by molar-refractivity contribution is 5.55. The molecule has 0 aromatic carbocycles. The lowest BCUT2D eigenvalue weighted by Crippen LogP contribution is -2.32. The Morgan fingerprint density at radius 2 is 2.45 bits per heavy atom. The second-order valence-electron chi connectivity index (χ2n) is 4.67. The van der Waals surface area contributed by atoms with Crippen LogP contribution >= 0.6 is 0 Å². The maximum Gasteiger partial charge on any atom is 0.276 e. The topological polar surface area (TPSA) is 107 Å². The fourth-order valence-electron chi connectivity index (χ4n) is 2.19. The van der Waals surface area contributed by atoms with E-state index in [0.717, 1.165) is 19.4 Å². The summed E-state index contributed by atoms with van der Waals surface area (Å²) >= 11 is 0. The average Bonchev–Trinajstić information content (AvgIpc) is 2.72. The number of nitrogens with zero attached hydrogens (tertiary/aromatic N) is 3. The minimum atomic E-state index is -0.447. The number of hydrogen-bond donors (Lipinski definition) is 2. The minimum absolute atomic E-state index is 0.0267. The van der Waals surface area contributed by atoms with E-state index in [2.05, 4.69) is 17.3 Å². The van der Waals surface area contributed by atoms with Gasteiger partial charge in [-0.25, -0.2) is 10.8 Å². The summed E-state index contributed by atoms with van der Waals surface area (Å²) in [5, 5.41) is 11.0. The van der Waals surface area contributed by atoms with Gasteiger partial charge < -0.3 is 15.1 Å². The molecule has 1 unspecified atom stereocenters. The molecule has 2 rings (SSSR count). The number of nitrogens with two attached hydrogens (primary N) is 1.